The zero-order valence-corrected chi connectivity index (χ0v) is 23.8. The predicted molar refractivity (Wildman–Crippen MR) is 146 cm³/mol. The number of halogens is 6. The number of urea groups is 1. The fraction of sp³-hybridized carbons (Fsp3) is 0.571. The van der Waals surface area contributed by atoms with Crippen molar-refractivity contribution >= 4 is 18.2 Å². The summed E-state index contributed by atoms with van der Waals surface area (Å²) in [6, 6.07) is 0.764. The Hall–Kier alpha value is -3.62. The van der Waals surface area contributed by atoms with Crippen molar-refractivity contribution in [3.05, 3.63) is 52.8 Å². The number of amides is 2. The molecule has 234 valence electrons. The number of aromatic nitrogens is 2. The van der Waals surface area contributed by atoms with Crippen molar-refractivity contribution in [2.24, 2.45) is 5.10 Å². The number of alkyl halides is 6. The molecule has 0 bridgehead atoms. The number of likely N-dealkylation sites (N-methyl/N-ethyl adjacent to an activating group) is 1. The molecule has 43 heavy (non-hydrogen) atoms. The number of hydrogen-bond acceptors (Lipinski definition) is 7. The number of nitrogens with zero attached hydrogens (tertiary/aromatic N) is 7. The molecule has 3 aliphatic heterocycles. The molecule has 0 N–H and O–H groups in total. The topological polar surface area (TPSA) is 77.4 Å². The first-order chi connectivity index (χ1) is 20.3. The lowest BCUT2D eigenvalue weighted by Crippen LogP contribution is -2.50. The summed E-state index contributed by atoms with van der Waals surface area (Å²) in [5, 5.41) is 5.98. The highest BCUT2D eigenvalue weighted by molar-refractivity contribution is 5.75. The molecule has 3 atom stereocenters. The molecule has 15 heteroatoms. The zero-order valence-electron chi connectivity index (χ0n) is 23.8. The first-order valence-corrected chi connectivity index (χ1v) is 14.1. The quantitative estimate of drug-likeness (QED) is 0.434. The van der Waals surface area contributed by atoms with E-state index in [9.17, 15) is 31.1 Å². The number of benzene rings is 1. The molecule has 2 saturated heterocycles. The van der Waals surface area contributed by atoms with E-state index in [4.69, 9.17) is 4.74 Å². The number of carbonyl (C=O) groups excluding carboxylic acids is 1. The molecule has 3 aliphatic rings. The van der Waals surface area contributed by atoms with Crippen LogP contribution in [0.25, 0.3) is 0 Å². The largest absolute Gasteiger partial charge is 0.416 e. The van der Waals surface area contributed by atoms with Gasteiger partial charge >= 0.3 is 18.4 Å². The van der Waals surface area contributed by atoms with Gasteiger partial charge in [0.2, 0.25) is 5.95 Å². The van der Waals surface area contributed by atoms with Crippen molar-refractivity contribution in [3.8, 4) is 0 Å². The summed E-state index contributed by atoms with van der Waals surface area (Å²) < 4.78 is 87.3. The van der Waals surface area contributed by atoms with E-state index in [1.54, 1.807) is 38.3 Å². The van der Waals surface area contributed by atoms with Gasteiger partial charge in [0.1, 0.15) is 0 Å². The lowest BCUT2D eigenvalue weighted by atomic mass is 10.0. The number of rotatable bonds is 6. The minimum Gasteiger partial charge on any atom is -0.378 e. The molecule has 0 spiro atoms. The van der Waals surface area contributed by atoms with Gasteiger partial charge in [0, 0.05) is 70.3 Å². The SMILES string of the molecule is CC[C@@H]1C[C@H](N(Cc2cc(C(F)(F)F)cc(C(F)(F)F)c2)c2ncc(C3C=NN(C)C3)cn2)CN1C(=O)N1CCOCC1. The van der Waals surface area contributed by atoms with Crippen LogP contribution >= 0.6 is 0 Å². The molecule has 0 saturated carbocycles. The summed E-state index contributed by atoms with van der Waals surface area (Å²) in [6.07, 6.45) is -3.93. The number of carbonyl (C=O) groups is 1. The van der Waals surface area contributed by atoms with Crippen LogP contribution in [0.2, 0.25) is 0 Å². The number of hydrogen-bond donors (Lipinski definition) is 0. The second-order valence-corrected chi connectivity index (χ2v) is 11.1. The molecule has 0 aliphatic carbocycles. The van der Waals surface area contributed by atoms with Crippen LogP contribution in [-0.2, 0) is 23.6 Å². The Balaban J connectivity index is 1.48. The molecule has 2 aromatic rings. The fourth-order valence-electron chi connectivity index (χ4n) is 5.78. The molecular weight excluding hydrogens is 580 g/mol. The smallest absolute Gasteiger partial charge is 0.378 e. The predicted octanol–water partition coefficient (Wildman–Crippen LogP) is 4.84. The Kier molecular flexibility index (Phi) is 8.72. The van der Waals surface area contributed by atoms with Crippen LogP contribution in [0.1, 0.15) is 47.9 Å². The van der Waals surface area contributed by atoms with Crippen molar-refractivity contribution < 1.29 is 35.9 Å². The summed E-state index contributed by atoms with van der Waals surface area (Å²) in [4.78, 5) is 27.5. The number of likely N-dealkylation sites (tertiary alicyclic amines) is 1. The van der Waals surface area contributed by atoms with Crippen LogP contribution < -0.4 is 4.90 Å². The third-order valence-corrected chi connectivity index (χ3v) is 8.08. The van der Waals surface area contributed by atoms with Gasteiger partial charge in [0.05, 0.1) is 30.4 Å². The Bertz CT molecular complexity index is 1280. The van der Waals surface area contributed by atoms with Crippen LogP contribution in [0.4, 0.5) is 37.1 Å². The van der Waals surface area contributed by atoms with Crippen LogP contribution in [0.15, 0.2) is 35.7 Å². The van der Waals surface area contributed by atoms with Crippen molar-refractivity contribution in [2.75, 3.05) is 51.3 Å². The van der Waals surface area contributed by atoms with Crippen LogP contribution in [0.5, 0.6) is 0 Å². The molecule has 1 unspecified atom stereocenters. The van der Waals surface area contributed by atoms with E-state index < -0.39 is 29.5 Å². The van der Waals surface area contributed by atoms with Crippen molar-refractivity contribution in [2.45, 2.75) is 56.7 Å². The molecule has 1 aromatic carbocycles. The normalized spacial score (nSPS) is 22.9. The van der Waals surface area contributed by atoms with Gasteiger partial charge in [0.25, 0.3) is 0 Å². The van der Waals surface area contributed by atoms with Gasteiger partial charge in [-0.15, -0.1) is 0 Å². The van der Waals surface area contributed by atoms with Gasteiger partial charge in [0.15, 0.2) is 0 Å². The maximum atomic E-state index is 13.7. The molecule has 4 heterocycles. The summed E-state index contributed by atoms with van der Waals surface area (Å²) in [7, 11) is 1.83. The Morgan fingerprint density at radius 1 is 1.00 bits per heavy atom. The summed E-state index contributed by atoms with van der Waals surface area (Å²) >= 11 is 0. The van der Waals surface area contributed by atoms with Gasteiger partial charge in [-0.3, -0.25) is 5.01 Å². The second-order valence-electron chi connectivity index (χ2n) is 11.1. The number of hydrazone groups is 1. The average Bonchev–Trinajstić information content (AvgIpc) is 3.61. The highest BCUT2D eigenvalue weighted by Gasteiger charge is 2.41. The van der Waals surface area contributed by atoms with E-state index in [1.807, 2.05) is 14.0 Å². The van der Waals surface area contributed by atoms with Gasteiger partial charge in [-0.1, -0.05) is 6.92 Å². The molecule has 5 rings (SSSR count). The lowest BCUT2D eigenvalue weighted by molar-refractivity contribution is -0.143. The molecule has 2 amide bonds. The Morgan fingerprint density at radius 2 is 1.63 bits per heavy atom. The van der Waals surface area contributed by atoms with Gasteiger partial charge < -0.3 is 19.4 Å². The van der Waals surface area contributed by atoms with Crippen LogP contribution in [-0.4, -0.2) is 95.5 Å². The first kappa shape index (κ1) is 30.8. The highest BCUT2D eigenvalue weighted by Crippen LogP contribution is 2.37. The van der Waals surface area contributed by atoms with E-state index in [1.165, 1.54) is 0 Å². The van der Waals surface area contributed by atoms with Gasteiger partial charge in [-0.05, 0) is 42.2 Å². The van der Waals surface area contributed by atoms with E-state index in [0.29, 0.717) is 45.7 Å². The average molecular weight is 614 g/mol. The lowest BCUT2D eigenvalue weighted by Gasteiger charge is -2.34. The third kappa shape index (κ3) is 6.97. The third-order valence-electron chi connectivity index (χ3n) is 8.08. The highest BCUT2D eigenvalue weighted by atomic mass is 19.4. The minimum atomic E-state index is -4.98. The van der Waals surface area contributed by atoms with E-state index in [2.05, 4.69) is 15.1 Å². The van der Waals surface area contributed by atoms with E-state index in [-0.39, 0.29) is 48.7 Å². The fourth-order valence-corrected chi connectivity index (χ4v) is 5.78. The van der Waals surface area contributed by atoms with E-state index >= 15 is 0 Å². The minimum absolute atomic E-state index is 0.0529. The van der Waals surface area contributed by atoms with Crippen molar-refractivity contribution in [3.63, 3.8) is 0 Å². The van der Waals surface area contributed by atoms with Crippen molar-refractivity contribution in [1.82, 2.24) is 24.8 Å². The Labute approximate surface area is 245 Å². The standard InChI is InChI=1S/C28H33F6N7O2/c1-3-23-11-24(17-41(23)26(42)39-4-6-43-7-5-39)40(25-35-12-19(13-36-25)20-14-37-38(2)16-20)15-18-8-21(27(29,30)31)10-22(9-18)28(32,33)34/h8-10,12-14,20,23-24H,3-7,11,15-17H2,1-2H3/t20?,23-,24+/m1/s1. The number of ether oxygens (including phenoxy) is 1. The first-order valence-electron chi connectivity index (χ1n) is 14.1. The molecule has 9 nitrogen and oxygen atoms in total. The summed E-state index contributed by atoms with van der Waals surface area (Å²) in [5.74, 6) is 0.0986. The summed E-state index contributed by atoms with van der Waals surface area (Å²) in [6.45, 7) is 4.17. The maximum Gasteiger partial charge on any atom is 0.416 e. The van der Waals surface area contributed by atoms with Gasteiger partial charge in [-0.25, -0.2) is 14.8 Å². The second kappa shape index (κ2) is 12.2. The van der Waals surface area contributed by atoms with E-state index in [0.717, 1.165) is 17.7 Å². The molecule has 2 fully saturated rings. The maximum absolute atomic E-state index is 13.7. The van der Waals surface area contributed by atoms with Gasteiger partial charge in [-0.2, -0.15) is 31.4 Å². The number of anilines is 1. The van der Waals surface area contributed by atoms with Crippen molar-refractivity contribution in [1.29, 1.82) is 0 Å². The zero-order chi connectivity index (χ0) is 30.9. The molecular formula is C28H33F6N7O2. The van der Waals surface area contributed by atoms with Crippen LogP contribution in [0.3, 0.4) is 0 Å². The van der Waals surface area contributed by atoms with Crippen LogP contribution in [0, 0.1) is 0 Å². The summed E-state index contributed by atoms with van der Waals surface area (Å²) in [5.41, 5.74) is -2.19. The Morgan fingerprint density at radius 3 is 2.16 bits per heavy atom. The monoisotopic (exact) mass is 613 g/mol. The number of morpholine rings is 1. The molecule has 1 aromatic heterocycles. The molecule has 0 radical (unpaired) electrons.